The van der Waals surface area contributed by atoms with Crippen LogP contribution < -0.4 is 14.4 Å². The van der Waals surface area contributed by atoms with Crippen molar-refractivity contribution in [2.24, 2.45) is 0 Å². The van der Waals surface area contributed by atoms with E-state index in [2.05, 4.69) is 23.2 Å². The summed E-state index contributed by atoms with van der Waals surface area (Å²) in [7, 11) is 1.60. The van der Waals surface area contributed by atoms with Crippen LogP contribution in [0.25, 0.3) is 16.9 Å². The second-order valence-electron chi connectivity index (χ2n) is 7.73. The lowest BCUT2D eigenvalue weighted by Crippen LogP contribution is -2.17. The SMILES string of the molecule is COc1cc(OCc2ccccc2)c(-c2cn3ccc(N4CCCC4)cc3n2)cc1Cl. The number of rotatable bonds is 6. The highest BCUT2D eigenvalue weighted by molar-refractivity contribution is 6.32. The van der Waals surface area contributed by atoms with Gasteiger partial charge in [-0.1, -0.05) is 41.9 Å². The van der Waals surface area contributed by atoms with Crippen molar-refractivity contribution in [1.82, 2.24) is 9.38 Å². The van der Waals surface area contributed by atoms with Gasteiger partial charge in [-0.15, -0.1) is 0 Å². The maximum absolute atomic E-state index is 6.46. The van der Waals surface area contributed by atoms with Crippen LogP contribution in [0.1, 0.15) is 18.4 Å². The second-order valence-corrected chi connectivity index (χ2v) is 8.14. The van der Waals surface area contributed by atoms with Gasteiger partial charge >= 0.3 is 0 Å². The van der Waals surface area contributed by atoms with Gasteiger partial charge in [0.25, 0.3) is 0 Å². The molecule has 3 heterocycles. The van der Waals surface area contributed by atoms with E-state index in [0.717, 1.165) is 35.6 Å². The topological polar surface area (TPSA) is 39.0 Å². The lowest BCUT2D eigenvalue weighted by molar-refractivity contribution is 0.305. The van der Waals surface area contributed by atoms with Gasteiger partial charge in [-0.25, -0.2) is 4.98 Å². The fourth-order valence-corrected chi connectivity index (χ4v) is 4.26. The summed E-state index contributed by atoms with van der Waals surface area (Å²) in [5.74, 6) is 1.27. The number of aromatic nitrogens is 2. The van der Waals surface area contributed by atoms with Gasteiger partial charge in [0.1, 0.15) is 23.8 Å². The minimum atomic E-state index is 0.450. The fourth-order valence-electron chi connectivity index (χ4n) is 4.02. The Morgan fingerprint density at radius 3 is 2.58 bits per heavy atom. The van der Waals surface area contributed by atoms with E-state index in [1.54, 1.807) is 7.11 Å². The molecule has 2 aromatic carbocycles. The molecule has 158 valence electrons. The number of halogens is 1. The summed E-state index contributed by atoms with van der Waals surface area (Å²) in [6.07, 6.45) is 6.57. The molecule has 4 aromatic rings. The van der Waals surface area contributed by atoms with Crippen LogP contribution in [-0.2, 0) is 6.61 Å². The molecule has 2 aromatic heterocycles. The third kappa shape index (κ3) is 4.06. The third-order valence-corrected chi connectivity index (χ3v) is 5.98. The summed E-state index contributed by atoms with van der Waals surface area (Å²) < 4.78 is 13.6. The van der Waals surface area contributed by atoms with Gasteiger partial charge in [0, 0.05) is 48.9 Å². The van der Waals surface area contributed by atoms with Gasteiger partial charge in [0.2, 0.25) is 0 Å². The van der Waals surface area contributed by atoms with E-state index >= 15 is 0 Å². The van der Waals surface area contributed by atoms with Crippen LogP contribution >= 0.6 is 11.6 Å². The molecule has 0 atom stereocenters. The highest BCUT2D eigenvalue weighted by atomic mass is 35.5. The van der Waals surface area contributed by atoms with Crippen LogP contribution in [0.5, 0.6) is 11.5 Å². The van der Waals surface area contributed by atoms with Crippen molar-refractivity contribution in [2.45, 2.75) is 19.4 Å². The van der Waals surface area contributed by atoms with Crippen molar-refractivity contribution in [3.8, 4) is 22.8 Å². The molecule has 0 unspecified atom stereocenters. The summed E-state index contributed by atoms with van der Waals surface area (Å²) in [6, 6.07) is 18.1. The lowest BCUT2D eigenvalue weighted by atomic mass is 10.1. The molecule has 0 radical (unpaired) electrons. The molecule has 0 amide bonds. The molecule has 0 saturated carbocycles. The normalized spacial score (nSPS) is 13.7. The predicted molar refractivity (Wildman–Crippen MR) is 124 cm³/mol. The minimum Gasteiger partial charge on any atom is -0.495 e. The number of hydrogen-bond donors (Lipinski definition) is 0. The number of ether oxygens (including phenoxy) is 2. The third-order valence-electron chi connectivity index (χ3n) is 5.68. The predicted octanol–water partition coefficient (Wildman–Crippen LogP) is 5.84. The monoisotopic (exact) mass is 433 g/mol. The number of anilines is 1. The second kappa shape index (κ2) is 8.52. The van der Waals surface area contributed by atoms with Crippen LogP contribution in [0.2, 0.25) is 5.02 Å². The standard InChI is InChI=1S/C25H24ClN3O2/c1-30-24-15-23(31-17-18-7-3-2-4-8-18)20(14-21(24)26)22-16-29-12-9-19(13-25(29)27-22)28-10-5-6-11-28/h2-4,7-9,12-16H,5-6,10-11,17H2,1H3. The van der Waals surface area contributed by atoms with E-state index < -0.39 is 0 Å². The molecule has 0 bridgehead atoms. The molecule has 0 spiro atoms. The number of nitrogens with zero attached hydrogens (tertiary/aromatic N) is 3. The quantitative estimate of drug-likeness (QED) is 0.382. The number of imidazole rings is 1. The Hall–Kier alpha value is -3.18. The van der Waals surface area contributed by atoms with E-state index in [0.29, 0.717) is 23.1 Å². The number of methoxy groups -OCH3 is 1. The van der Waals surface area contributed by atoms with E-state index in [-0.39, 0.29) is 0 Å². The van der Waals surface area contributed by atoms with Crippen molar-refractivity contribution in [3.63, 3.8) is 0 Å². The maximum Gasteiger partial charge on any atom is 0.141 e. The van der Waals surface area contributed by atoms with Crippen molar-refractivity contribution in [2.75, 3.05) is 25.1 Å². The first-order valence-corrected chi connectivity index (χ1v) is 10.9. The molecule has 1 aliphatic heterocycles. The first-order chi connectivity index (χ1) is 15.2. The average molecular weight is 434 g/mol. The molecule has 0 aliphatic carbocycles. The van der Waals surface area contributed by atoms with Gasteiger partial charge < -0.3 is 18.8 Å². The van der Waals surface area contributed by atoms with Crippen molar-refractivity contribution < 1.29 is 9.47 Å². The molecular weight excluding hydrogens is 410 g/mol. The zero-order valence-corrected chi connectivity index (χ0v) is 18.2. The molecule has 0 N–H and O–H groups in total. The molecule has 5 nitrogen and oxygen atoms in total. The van der Waals surface area contributed by atoms with Gasteiger partial charge in [0.15, 0.2) is 0 Å². The Labute approximate surface area is 186 Å². The molecule has 5 rings (SSSR count). The van der Waals surface area contributed by atoms with Gasteiger partial charge in [-0.2, -0.15) is 0 Å². The van der Waals surface area contributed by atoms with Crippen molar-refractivity contribution in [1.29, 1.82) is 0 Å². The zero-order valence-electron chi connectivity index (χ0n) is 17.4. The van der Waals surface area contributed by atoms with E-state index in [4.69, 9.17) is 26.1 Å². The Bertz CT molecular complexity index is 1200. The smallest absolute Gasteiger partial charge is 0.141 e. The van der Waals surface area contributed by atoms with Crippen molar-refractivity contribution in [3.05, 3.63) is 77.6 Å². The summed E-state index contributed by atoms with van der Waals surface area (Å²) in [5, 5.41) is 0.527. The van der Waals surface area contributed by atoms with Crippen LogP contribution in [0.15, 0.2) is 67.0 Å². The molecular formula is C25H24ClN3O2. The average Bonchev–Trinajstić information content (AvgIpc) is 3.48. The van der Waals surface area contributed by atoms with Crippen LogP contribution in [0.3, 0.4) is 0 Å². The maximum atomic E-state index is 6.46. The highest BCUT2D eigenvalue weighted by Gasteiger charge is 2.17. The Morgan fingerprint density at radius 2 is 1.81 bits per heavy atom. The van der Waals surface area contributed by atoms with Gasteiger partial charge in [0.05, 0.1) is 17.8 Å². The number of pyridine rings is 1. The van der Waals surface area contributed by atoms with Crippen molar-refractivity contribution >= 4 is 22.9 Å². The number of benzene rings is 2. The largest absolute Gasteiger partial charge is 0.495 e. The van der Waals surface area contributed by atoms with E-state index in [9.17, 15) is 0 Å². The summed E-state index contributed by atoms with van der Waals surface area (Å²) in [4.78, 5) is 7.29. The molecule has 31 heavy (non-hydrogen) atoms. The molecule has 1 fully saturated rings. The van der Waals surface area contributed by atoms with E-state index in [1.807, 2.05) is 53.1 Å². The lowest BCUT2D eigenvalue weighted by Gasteiger charge is -2.17. The number of hydrogen-bond acceptors (Lipinski definition) is 4. The summed E-state index contributed by atoms with van der Waals surface area (Å²) in [6.45, 7) is 2.66. The first-order valence-electron chi connectivity index (χ1n) is 10.5. The zero-order chi connectivity index (χ0) is 21.2. The molecule has 6 heteroatoms. The van der Waals surface area contributed by atoms with E-state index in [1.165, 1.54) is 18.5 Å². The van der Waals surface area contributed by atoms with Crippen LogP contribution in [0.4, 0.5) is 5.69 Å². The Kier molecular flexibility index (Phi) is 5.43. The van der Waals surface area contributed by atoms with Gasteiger partial charge in [-0.3, -0.25) is 0 Å². The minimum absolute atomic E-state index is 0.450. The van der Waals surface area contributed by atoms with Gasteiger partial charge in [-0.05, 0) is 30.5 Å². The van der Waals surface area contributed by atoms with Crippen LogP contribution in [-0.4, -0.2) is 29.6 Å². The Balaban J connectivity index is 1.51. The van der Waals surface area contributed by atoms with Crippen LogP contribution in [0, 0.1) is 0 Å². The summed E-state index contributed by atoms with van der Waals surface area (Å²) >= 11 is 6.46. The highest BCUT2D eigenvalue weighted by Crippen LogP contribution is 2.39. The molecule has 1 saturated heterocycles. The Morgan fingerprint density at radius 1 is 1.00 bits per heavy atom. The summed E-state index contributed by atoms with van der Waals surface area (Å²) in [5.41, 5.74) is 4.86. The fraction of sp³-hybridized carbons (Fsp3) is 0.240. The number of fused-ring (bicyclic) bond motifs is 1. The molecule has 1 aliphatic rings. The first kappa shape index (κ1) is 19.8.